The van der Waals surface area contributed by atoms with E-state index in [9.17, 15) is 0 Å². The molecule has 2 rings (SSSR count). The van der Waals surface area contributed by atoms with E-state index in [1.165, 1.54) is 5.56 Å². The van der Waals surface area contributed by atoms with E-state index >= 15 is 0 Å². The van der Waals surface area contributed by atoms with E-state index in [1.807, 2.05) is 36.0 Å². The Labute approximate surface area is 94.9 Å². The Kier molecular flexibility index (Phi) is 2.93. The van der Waals surface area contributed by atoms with Crippen molar-refractivity contribution < 1.29 is 0 Å². The van der Waals surface area contributed by atoms with Crippen LogP contribution >= 0.6 is 0 Å². The molecule has 0 saturated carbocycles. The highest BCUT2D eigenvalue weighted by atomic mass is 14.9. The summed E-state index contributed by atoms with van der Waals surface area (Å²) in [5.74, 6) is 0. The molecule has 0 aliphatic heterocycles. The van der Waals surface area contributed by atoms with Gasteiger partial charge in [0.1, 0.15) is 0 Å². The molecule has 1 N–H and O–H groups in total. The lowest BCUT2D eigenvalue weighted by molar-refractivity contribution is 0.920. The van der Waals surface area contributed by atoms with Crippen LogP contribution in [-0.4, -0.2) is 4.57 Å². The Morgan fingerprint density at radius 1 is 1.38 bits per heavy atom. The molecule has 0 amide bonds. The smallest absolute Gasteiger partial charge is 0.0992 e. The number of anilines is 1. The fraction of sp³-hybridized carbons (Fsp3) is 0.154. The maximum atomic E-state index is 8.77. The Morgan fingerprint density at radius 3 is 2.94 bits per heavy atom. The van der Waals surface area contributed by atoms with Crippen molar-refractivity contribution in [1.82, 2.24) is 4.57 Å². The van der Waals surface area contributed by atoms with Crippen LogP contribution in [0, 0.1) is 11.3 Å². The van der Waals surface area contributed by atoms with E-state index in [0.717, 1.165) is 12.2 Å². The second-order valence-electron chi connectivity index (χ2n) is 3.73. The first-order valence-electron chi connectivity index (χ1n) is 5.13. The van der Waals surface area contributed by atoms with Crippen LogP contribution in [-0.2, 0) is 13.6 Å². The number of nitriles is 1. The molecule has 0 saturated heterocycles. The van der Waals surface area contributed by atoms with Gasteiger partial charge in [-0.1, -0.05) is 6.07 Å². The number of hydrogen-bond donors (Lipinski definition) is 1. The summed E-state index contributed by atoms with van der Waals surface area (Å²) in [5, 5.41) is 12.1. The van der Waals surface area contributed by atoms with E-state index in [4.69, 9.17) is 5.26 Å². The summed E-state index contributed by atoms with van der Waals surface area (Å²) in [7, 11) is 2.00. The summed E-state index contributed by atoms with van der Waals surface area (Å²) in [4.78, 5) is 0. The van der Waals surface area contributed by atoms with Crippen LogP contribution in [0.1, 0.15) is 11.1 Å². The number of rotatable bonds is 3. The highest BCUT2D eigenvalue weighted by Gasteiger charge is 1.96. The molecular weight excluding hydrogens is 198 g/mol. The summed E-state index contributed by atoms with van der Waals surface area (Å²) in [6.07, 6.45) is 4.09. The second kappa shape index (κ2) is 4.54. The Hall–Kier alpha value is -2.21. The molecule has 0 aliphatic rings. The topological polar surface area (TPSA) is 40.8 Å². The maximum absolute atomic E-state index is 8.77. The minimum Gasteiger partial charge on any atom is -0.381 e. The minimum absolute atomic E-state index is 0.679. The summed E-state index contributed by atoms with van der Waals surface area (Å²) >= 11 is 0. The van der Waals surface area contributed by atoms with Gasteiger partial charge in [-0.25, -0.2) is 0 Å². The van der Waals surface area contributed by atoms with E-state index in [0.29, 0.717) is 5.56 Å². The second-order valence-corrected chi connectivity index (χ2v) is 3.73. The normalized spacial score (nSPS) is 9.75. The molecule has 1 heterocycles. The Bertz CT molecular complexity index is 520. The molecule has 2 aromatic rings. The molecule has 16 heavy (non-hydrogen) atoms. The third kappa shape index (κ3) is 2.43. The van der Waals surface area contributed by atoms with Crippen molar-refractivity contribution in [2.24, 2.45) is 7.05 Å². The molecule has 3 heteroatoms. The first kappa shape index (κ1) is 10.3. The Morgan fingerprint density at radius 2 is 2.25 bits per heavy atom. The zero-order valence-corrected chi connectivity index (χ0v) is 9.14. The zero-order chi connectivity index (χ0) is 11.4. The summed E-state index contributed by atoms with van der Waals surface area (Å²) in [6.45, 7) is 0.774. The van der Waals surface area contributed by atoms with E-state index in [2.05, 4.69) is 23.6 Å². The van der Waals surface area contributed by atoms with Crippen LogP contribution in [0.15, 0.2) is 42.7 Å². The lowest BCUT2D eigenvalue weighted by Crippen LogP contribution is -1.98. The van der Waals surface area contributed by atoms with Gasteiger partial charge in [0, 0.05) is 31.7 Å². The highest BCUT2D eigenvalue weighted by Crippen LogP contribution is 2.11. The van der Waals surface area contributed by atoms with Gasteiger partial charge in [0.05, 0.1) is 11.6 Å². The van der Waals surface area contributed by atoms with Gasteiger partial charge < -0.3 is 9.88 Å². The predicted octanol–water partition coefficient (Wildman–Crippen LogP) is 2.51. The van der Waals surface area contributed by atoms with Gasteiger partial charge in [-0.05, 0) is 29.8 Å². The van der Waals surface area contributed by atoms with Crippen LogP contribution in [0.4, 0.5) is 5.69 Å². The maximum Gasteiger partial charge on any atom is 0.0992 e. The highest BCUT2D eigenvalue weighted by molar-refractivity contribution is 5.49. The van der Waals surface area contributed by atoms with Gasteiger partial charge in [-0.3, -0.25) is 0 Å². The quantitative estimate of drug-likeness (QED) is 0.847. The van der Waals surface area contributed by atoms with Crippen LogP contribution in [0.3, 0.4) is 0 Å². The molecule has 80 valence electrons. The average Bonchev–Trinajstić information content (AvgIpc) is 2.73. The lowest BCUT2D eigenvalue weighted by Gasteiger charge is -2.04. The number of benzene rings is 1. The van der Waals surface area contributed by atoms with Crippen LogP contribution in [0.5, 0.6) is 0 Å². The summed E-state index contributed by atoms with van der Waals surface area (Å²) in [6, 6.07) is 11.7. The molecule has 0 atom stereocenters. The molecule has 1 aromatic heterocycles. The van der Waals surface area contributed by atoms with Crippen LogP contribution in [0.2, 0.25) is 0 Å². The van der Waals surface area contributed by atoms with Gasteiger partial charge >= 0.3 is 0 Å². The van der Waals surface area contributed by atoms with Crippen molar-refractivity contribution in [1.29, 1.82) is 5.26 Å². The standard InChI is InChI=1S/C13H13N3/c1-16-6-5-12(10-16)9-15-13-4-2-3-11(7-13)8-14/h2-7,10,15H,9H2,1H3. The van der Waals surface area contributed by atoms with E-state index in [1.54, 1.807) is 6.07 Å². The molecule has 0 aliphatic carbocycles. The molecule has 0 spiro atoms. The van der Waals surface area contributed by atoms with Gasteiger partial charge in [-0.2, -0.15) is 5.26 Å². The Balaban J connectivity index is 2.02. The van der Waals surface area contributed by atoms with Crippen molar-refractivity contribution in [2.75, 3.05) is 5.32 Å². The lowest BCUT2D eigenvalue weighted by atomic mass is 10.2. The van der Waals surface area contributed by atoms with Crippen LogP contribution < -0.4 is 5.32 Å². The number of aromatic nitrogens is 1. The number of nitrogens with one attached hydrogen (secondary N) is 1. The van der Waals surface area contributed by atoms with E-state index < -0.39 is 0 Å². The number of nitrogens with zero attached hydrogens (tertiary/aromatic N) is 2. The fourth-order valence-corrected chi connectivity index (χ4v) is 1.57. The van der Waals surface area contributed by atoms with Gasteiger partial charge in [-0.15, -0.1) is 0 Å². The van der Waals surface area contributed by atoms with Crippen molar-refractivity contribution in [3.05, 3.63) is 53.9 Å². The van der Waals surface area contributed by atoms with Crippen LogP contribution in [0.25, 0.3) is 0 Å². The number of hydrogen-bond acceptors (Lipinski definition) is 2. The molecule has 0 bridgehead atoms. The average molecular weight is 211 g/mol. The predicted molar refractivity (Wildman–Crippen MR) is 63.9 cm³/mol. The zero-order valence-electron chi connectivity index (χ0n) is 9.14. The molecule has 0 unspecified atom stereocenters. The van der Waals surface area contributed by atoms with Crippen molar-refractivity contribution in [3.63, 3.8) is 0 Å². The van der Waals surface area contributed by atoms with Gasteiger partial charge in [0.25, 0.3) is 0 Å². The van der Waals surface area contributed by atoms with Crippen molar-refractivity contribution in [2.45, 2.75) is 6.54 Å². The van der Waals surface area contributed by atoms with Gasteiger partial charge in [0.2, 0.25) is 0 Å². The molecule has 3 nitrogen and oxygen atoms in total. The minimum atomic E-state index is 0.679. The van der Waals surface area contributed by atoms with Gasteiger partial charge in [0.15, 0.2) is 0 Å². The summed E-state index contributed by atoms with van der Waals surface area (Å²) < 4.78 is 2.02. The SMILES string of the molecule is Cn1ccc(CNc2cccc(C#N)c2)c1. The number of aryl methyl sites for hydroxylation is 1. The molecule has 0 radical (unpaired) electrons. The third-order valence-electron chi connectivity index (χ3n) is 2.38. The molecule has 1 aromatic carbocycles. The van der Waals surface area contributed by atoms with E-state index in [-0.39, 0.29) is 0 Å². The van der Waals surface area contributed by atoms with Crippen molar-refractivity contribution in [3.8, 4) is 6.07 Å². The summed E-state index contributed by atoms with van der Waals surface area (Å²) in [5.41, 5.74) is 2.88. The first-order valence-corrected chi connectivity index (χ1v) is 5.13. The monoisotopic (exact) mass is 211 g/mol. The largest absolute Gasteiger partial charge is 0.381 e. The molecule has 0 fully saturated rings. The van der Waals surface area contributed by atoms with Crippen molar-refractivity contribution >= 4 is 5.69 Å². The third-order valence-corrected chi connectivity index (χ3v) is 2.38. The fourth-order valence-electron chi connectivity index (χ4n) is 1.57. The molecular formula is C13H13N3. The first-order chi connectivity index (χ1) is 7.78.